The minimum Gasteiger partial charge on any atom is -0.353 e. The lowest BCUT2D eigenvalue weighted by Gasteiger charge is -2.37. The molecule has 0 aromatic heterocycles. The highest BCUT2D eigenvalue weighted by atomic mass is 32.2. The van der Waals surface area contributed by atoms with Crippen LogP contribution < -0.4 is 5.32 Å². The lowest BCUT2D eigenvalue weighted by Crippen LogP contribution is -2.52. The fourth-order valence-corrected chi connectivity index (χ4v) is 5.56. The third-order valence-electron chi connectivity index (χ3n) is 5.14. The molecule has 1 N–H and O–H groups in total. The van der Waals surface area contributed by atoms with Crippen LogP contribution in [0.3, 0.4) is 0 Å². The van der Waals surface area contributed by atoms with E-state index in [4.69, 9.17) is 5.26 Å². The zero-order chi connectivity index (χ0) is 18.0. The van der Waals surface area contributed by atoms with Crippen molar-refractivity contribution in [3.05, 3.63) is 35.4 Å². The minimum atomic E-state index is -3.17. The highest BCUT2D eigenvalue weighted by Gasteiger charge is 2.45. The lowest BCUT2D eigenvalue weighted by atomic mass is 9.99. The number of nitrogens with zero attached hydrogens (tertiary/aromatic N) is 2. The largest absolute Gasteiger partial charge is 0.353 e. The maximum absolute atomic E-state index is 12.2. The first-order valence-electron chi connectivity index (χ1n) is 8.63. The summed E-state index contributed by atoms with van der Waals surface area (Å²) in [5.74, 6) is 0.00145. The molecular formula is C18H23N3O3S. The Morgan fingerprint density at radius 1 is 1.24 bits per heavy atom. The van der Waals surface area contributed by atoms with E-state index >= 15 is 0 Å². The van der Waals surface area contributed by atoms with Crippen molar-refractivity contribution >= 4 is 15.9 Å². The summed E-state index contributed by atoms with van der Waals surface area (Å²) < 4.78 is 25.4. The van der Waals surface area contributed by atoms with Crippen LogP contribution in [0.5, 0.6) is 0 Å². The van der Waals surface area contributed by atoms with Gasteiger partial charge in [0.15, 0.2) is 0 Å². The monoisotopic (exact) mass is 361 g/mol. The second-order valence-electron chi connectivity index (χ2n) is 7.02. The molecule has 3 rings (SSSR count). The van der Waals surface area contributed by atoms with E-state index in [1.54, 1.807) is 16.4 Å². The number of hydrogen-bond acceptors (Lipinski definition) is 4. The minimum absolute atomic E-state index is 0.00145. The molecule has 2 heterocycles. The molecule has 2 unspecified atom stereocenters. The summed E-state index contributed by atoms with van der Waals surface area (Å²) >= 11 is 0. The van der Waals surface area contributed by atoms with Gasteiger partial charge < -0.3 is 5.32 Å². The number of amides is 1. The van der Waals surface area contributed by atoms with Crippen LogP contribution in [0, 0.1) is 11.3 Å². The topological polar surface area (TPSA) is 90.3 Å². The van der Waals surface area contributed by atoms with Gasteiger partial charge in [0.1, 0.15) is 0 Å². The van der Waals surface area contributed by atoms with E-state index in [1.165, 1.54) is 6.26 Å². The van der Waals surface area contributed by atoms with E-state index < -0.39 is 10.0 Å². The number of carbonyl (C=O) groups is 1. The first kappa shape index (κ1) is 17.9. The maximum atomic E-state index is 12.2. The average molecular weight is 361 g/mol. The van der Waals surface area contributed by atoms with Crippen molar-refractivity contribution in [3.8, 4) is 6.07 Å². The molecule has 2 aliphatic rings. The third kappa shape index (κ3) is 4.20. The first-order valence-corrected chi connectivity index (χ1v) is 10.5. The number of nitriles is 1. The molecule has 2 saturated heterocycles. The van der Waals surface area contributed by atoms with Crippen LogP contribution in [-0.4, -0.2) is 43.0 Å². The molecule has 0 spiro atoms. The van der Waals surface area contributed by atoms with Crippen molar-refractivity contribution in [3.63, 3.8) is 0 Å². The number of piperidine rings is 1. The summed E-state index contributed by atoms with van der Waals surface area (Å²) in [6.07, 6.45) is 5.47. The van der Waals surface area contributed by atoms with Gasteiger partial charge in [0.05, 0.1) is 17.9 Å². The van der Waals surface area contributed by atoms with Gasteiger partial charge in [-0.3, -0.25) is 4.79 Å². The Hall–Kier alpha value is -1.91. The smallest absolute Gasteiger partial charge is 0.220 e. The molecule has 1 aromatic carbocycles. The predicted molar refractivity (Wildman–Crippen MR) is 94.1 cm³/mol. The molecule has 1 aromatic rings. The van der Waals surface area contributed by atoms with Crippen LogP contribution >= 0.6 is 0 Å². The van der Waals surface area contributed by atoms with Crippen LogP contribution in [0.4, 0.5) is 0 Å². The van der Waals surface area contributed by atoms with Gasteiger partial charge in [-0.25, -0.2) is 8.42 Å². The van der Waals surface area contributed by atoms with Crippen molar-refractivity contribution in [2.45, 2.75) is 56.7 Å². The van der Waals surface area contributed by atoms with Crippen LogP contribution in [0.25, 0.3) is 0 Å². The summed E-state index contributed by atoms with van der Waals surface area (Å²) in [5.41, 5.74) is 1.64. The number of carbonyl (C=O) groups excluding carboxylic acids is 1. The zero-order valence-electron chi connectivity index (χ0n) is 14.3. The molecule has 0 aliphatic carbocycles. The molecule has 134 valence electrons. The Balaban J connectivity index is 1.50. The number of benzene rings is 1. The van der Waals surface area contributed by atoms with Crippen molar-refractivity contribution in [2.24, 2.45) is 0 Å². The van der Waals surface area contributed by atoms with Gasteiger partial charge in [0.25, 0.3) is 0 Å². The molecule has 2 aliphatic heterocycles. The molecule has 0 saturated carbocycles. The van der Waals surface area contributed by atoms with Crippen molar-refractivity contribution in [1.29, 1.82) is 5.26 Å². The van der Waals surface area contributed by atoms with Crippen molar-refractivity contribution in [2.75, 3.05) is 6.26 Å². The number of fused-ring (bicyclic) bond motifs is 2. The molecule has 25 heavy (non-hydrogen) atoms. The number of aryl methyl sites for hydroxylation is 1. The fraction of sp³-hybridized carbons (Fsp3) is 0.556. The standard InChI is InChI=1S/C18H23N3O3S/c1-25(23,24)21-16-7-8-17(21)11-15(10-16)20-18(22)9-6-13-2-4-14(12-19)5-3-13/h2-5,15-17H,6-11H2,1H3,(H,20,22). The van der Waals surface area contributed by atoms with Gasteiger partial charge in [-0.2, -0.15) is 9.57 Å². The molecule has 2 bridgehead atoms. The van der Waals surface area contributed by atoms with E-state index in [0.717, 1.165) is 18.4 Å². The average Bonchev–Trinajstić information content (AvgIpc) is 2.86. The Morgan fingerprint density at radius 2 is 1.84 bits per heavy atom. The van der Waals surface area contributed by atoms with Crippen molar-refractivity contribution in [1.82, 2.24) is 9.62 Å². The molecule has 7 heteroatoms. The molecule has 0 radical (unpaired) electrons. The van der Waals surface area contributed by atoms with Gasteiger partial charge >= 0.3 is 0 Å². The highest BCUT2D eigenvalue weighted by molar-refractivity contribution is 7.88. The number of sulfonamides is 1. The molecule has 2 atom stereocenters. The SMILES string of the molecule is CS(=O)(=O)N1C2CCC1CC(NC(=O)CCc1ccc(C#N)cc1)C2. The fourth-order valence-electron chi connectivity index (χ4n) is 4.10. The van der Waals surface area contributed by atoms with Gasteiger partial charge in [-0.05, 0) is 49.8 Å². The van der Waals surface area contributed by atoms with E-state index in [9.17, 15) is 13.2 Å². The number of rotatable bonds is 5. The van der Waals surface area contributed by atoms with E-state index in [1.807, 2.05) is 12.1 Å². The second kappa shape index (κ2) is 7.14. The Kier molecular flexibility index (Phi) is 5.11. The summed E-state index contributed by atoms with van der Waals surface area (Å²) in [7, 11) is -3.17. The van der Waals surface area contributed by atoms with Crippen molar-refractivity contribution < 1.29 is 13.2 Å². The Labute approximate surface area is 148 Å². The van der Waals surface area contributed by atoms with Gasteiger partial charge in [-0.1, -0.05) is 12.1 Å². The van der Waals surface area contributed by atoms with Crippen LogP contribution in [-0.2, 0) is 21.2 Å². The molecular weight excluding hydrogens is 338 g/mol. The van der Waals surface area contributed by atoms with E-state index in [0.29, 0.717) is 31.2 Å². The maximum Gasteiger partial charge on any atom is 0.220 e. The van der Waals surface area contributed by atoms with Crippen LogP contribution in [0.15, 0.2) is 24.3 Å². The van der Waals surface area contributed by atoms with Gasteiger partial charge in [0, 0.05) is 24.5 Å². The lowest BCUT2D eigenvalue weighted by molar-refractivity contribution is -0.122. The summed E-state index contributed by atoms with van der Waals surface area (Å²) in [6, 6.07) is 9.44. The zero-order valence-corrected chi connectivity index (χ0v) is 15.1. The molecule has 1 amide bonds. The third-order valence-corrected chi connectivity index (χ3v) is 6.50. The van der Waals surface area contributed by atoms with Gasteiger partial charge in [-0.15, -0.1) is 0 Å². The normalized spacial score (nSPS) is 26.2. The second-order valence-corrected chi connectivity index (χ2v) is 8.91. The molecule has 2 fully saturated rings. The highest BCUT2D eigenvalue weighted by Crippen LogP contribution is 2.37. The Bertz CT molecular complexity index is 769. The molecule has 6 nitrogen and oxygen atoms in total. The van der Waals surface area contributed by atoms with Gasteiger partial charge in [0.2, 0.25) is 15.9 Å². The van der Waals surface area contributed by atoms with Crippen LogP contribution in [0.1, 0.15) is 43.2 Å². The summed E-state index contributed by atoms with van der Waals surface area (Å²) in [4.78, 5) is 12.2. The van der Waals surface area contributed by atoms with E-state index in [-0.39, 0.29) is 24.0 Å². The quantitative estimate of drug-likeness (QED) is 0.862. The predicted octanol–water partition coefficient (Wildman–Crippen LogP) is 1.56. The number of hydrogen-bond donors (Lipinski definition) is 1. The first-order chi connectivity index (χ1) is 11.9. The van der Waals surface area contributed by atoms with Crippen LogP contribution in [0.2, 0.25) is 0 Å². The Morgan fingerprint density at radius 3 is 2.36 bits per heavy atom. The van der Waals surface area contributed by atoms with E-state index in [2.05, 4.69) is 11.4 Å². The summed E-state index contributed by atoms with van der Waals surface area (Å²) in [5, 5.41) is 11.9. The summed E-state index contributed by atoms with van der Waals surface area (Å²) in [6.45, 7) is 0. The number of nitrogens with one attached hydrogen (secondary N) is 1.